The molecular weight excluding hydrogens is 695 g/mol. The molecule has 0 spiro atoms. The molecule has 3 heterocycles. The van der Waals surface area contributed by atoms with E-state index in [-0.39, 0.29) is 29.3 Å². The first-order valence-electron chi connectivity index (χ1n) is 20.1. The van der Waals surface area contributed by atoms with Crippen LogP contribution in [0.4, 0.5) is 11.4 Å². The molecule has 0 amide bonds. The summed E-state index contributed by atoms with van der Waals surface area (Å²) in [5.74, 6) is 2.11. The first-order chi connectivity index (χ1) is 28.0. The van der Waals surface area contributed by atoms with Gasteiger partial charge in [-0.1, -0.05) is 165 Å². The smallest absolute Gasteiger partial charge is 0.157 e. The second-order valence-electron chi connectivity index (χ2n) is 16.4. The number of anilines is 2. The summed E-state index contributed by atoms with van der Waals surface area (Å²) < 4.78 is 7.07. The molecule has 0 saturated carbocycles. The Hall–Kier alpha value is -6.78. The van der Waals surface area contributed by atoms with Gasteiger partial charge in [-0.05, 0) is 58.2 Å². The topological polar surface area (TPSA) is 38.2 Å². The van der Waals surface area contributed by atoms with Crippen LogP contribution >= 0.6 is 0 Å². The molecule has 4 nitrogen and oxygen atoms in total. The van der Waals surface area contributed by atoms with Crippen LogP contribution in [0.3, 0.4) is 0 Å². The van der Waals surface area contributed by atoms with Gasteiger partial charge in [0.05, 0.1) is 22.8 Å². The molecule has 0 fully saturated rings. The molecule has 2 aliphatic heterocycles. The van der Waals surface area contributed by atoms with Crippen molar-refractivity contribution in [2.75, 3.05) is 4.90 Å². The standard InChI is InChI=1S/C53H39N3O/c1-53(2)40-21-9-6-16-35(40)48-41(53)30-31-44-49(48)37-18-8-11-23-43(37)56(44)45-24-12-19-38-47-39(20-13-25-46(47)57-51(38)45)52-54-42-22-10-7-17-36(42)50(55-52)34-28-26-33(27-29-34)32-14-4-3-5-15-32/h3-31,46-49H,1-2H3. The van der Waals surface area contributed by atoms with Crippen molar-refractivity contribution in [2.24, 2.45) is 0 Å². The number of ether oxygens (including phenoxy) is 1. The normalized spacial score (nSPS) is 21.6. The molecule has 0 saturated heterocycles. The number of nitrogens with zero attached hydrogens (tertiary/aromatic N) is 3. The summed E-state index contributed by atoms with van der Waals surface area (Å²) in [6, 6.07) is 52.3. The van der Waals surface area contributed by atoms with E-state index in [0.29, 0.717) is 0 Å². The van der Waals surface area contributed by atoms with Crippen molar-refractivity contribution in [2.45, 2.75) is 43.1 Å². The summed E-state index contributed by atoms with van der Waals surface area (Å²) in [5.41, 5.74) is 16.9. The Morgan fingerprint density at radius 2 is 1.26 bits per heavy atom. The Kier molecular flexibility index (Phi) is 6.90. The van der Waals surface area contributed by atoms with Gasteiger partial charge in [0, 0.05) is 50.7 Å². The van der Waals surface area contributed by atoms with Crippen molar-refractivity contribution < 1.29 is 4.74 Å². The SMILES string of the molecule is CC1(C)C2=CC=C3C(c4ccccc4N3c3cccc4c3OC3C=CC=C(c5nc(-c6ccc(-c7ccccc7)cc6)c6ccccc6n5)C43)C2c2ccccc21. The van der Waals surface area contributed by atoms with Crippen molar-refractivity contribution in [1.82, 2.24) is 9.97 Å². The fourth-order valence-electron chi connectivity index (χ4n) is 10.5. The van der Waals surface area contributed by atoms with Crippen molar-refractivity contribution in [3.63, 3.8) is 0 Å². The molecule has 1 aromatic heterocycles. The van der Waals surface area contributed by atoms with Crippen molar-refractivity contribution in [1.29, 1.82) is 0 Å². The predicted octanol–water partition coefficient (Wildman–Crippen LogP) is 12.6. The monoisotopic (exact) mass is 733 g/mol. The molecule has 0 radical (unpaired) electrons. The van der Waals surface area contributed by atoms with Crippen molar-refractivity contribution >= 4 is 27.9 Å². The molecule has 0 bridgehead atoms. The Bertz CT molecular complexity index is 2930. The summed E-state index contributed by atoms with van der Waals surface area (Å²) in [4.78, 5) is 13.1. The van der Waals surface area contributed by atoms with E-state index >= 15 is 0 Å². The van der Waals surface area contributed by atoms with Crippen LogP contribution in [0.15, 0.2) is 187 Å². The zero-order valence-corrected chi connectivity index (χ0v) is 31.8. The van der Waals surface area contributed by atoms with Gasteiger partial charge in [-0.2, -0.15) is 0 Å². The minimum atomic E-state index is -0.173. The maximum absolute atomic E-state index is 7.07. The minimum absolute atomic E-state index is 0.0240. The molecule has 5 aliphatic rings. The zero-order chi connectivity index (χ0) is 37.8. The van der Waals surface area contributed by atoms with Crippen molar-refractivity contribution in [3.8, 4) is 28.1 Å². The van der Waals surface area contributed by atoms with E-state index in [1.54, 1.807) is 0 Å². The van der Waals surface area contributed by atoms with Crippen molar-refractivity contribution in [3.05, 3.63) is 215 Å². The van der Waals surface area contributed by atoms with Gasteiger partial charge in [-0.3, -0.25) is 0 Å². The third kappa shape index (κ3) is 4.67. The Labute approximate surface area is 332 Å². The van der Waals surface area contributed by atoms with E-state index in [1.165, 1.54) is 50.3 Å². The molecule has 0 N–H and O–H groups in total. The number of hydrogen-bond acceptors (Lipinski definition) is 4. The molecule has 4 unspecified atom stereocenters. The van der Waals surface area contributed by atoms with Gasteiger partial charge in [-0.15, -0.1) is 0 Å². The van der Waals surface area contributed by atoms with E-state index in [2.05, 4.69) is 195 Å². The summed E-state index contributed by atoms with van der Waals surface area (Å²) >= 11 is 0. The Morgan fingerprint density at radius 1 is 0.561 bits per heavy atom. The lowest BCUT2D eigenvalue weighted by atomic mass is 9.72. The lowest BCUT2D eigenvalue weighted by Gasteiger charge is -2.33. The molecule has 6 aromatic carbocycles. The highest BCUT2D eigenvalue weighted by Gasteiger charge is 2.52. The average Bonchev–Trinajstić information content (AvgIpc) is 3.89. The van der Waals surface area contributed by atoms with Gasteiger partial charge < -0.3 is 9.64 Å². The quantitative estimate of drug-likeness (QED) is 0.181. The highest BCUT2D eigenvalue weighted by molar-refractivity contribution is 5.94. The van der Waals surface area contributed by atoms with E-state index in [0.717, 1.165) is 45.0 Å². The minimum Gasteiger partial charge on any atom is -0.483 e. The predicted molar refractivity (Wildman–Crippen MR) is 231 cm³/mol. The van der Waals surface area contributed by atoms with E-state index in [1.807, 2.05) is 0 Å². The van der Waals surface area contributed by atoms with Crippen LogP contribution in [-0.2, 0) is 5.41 Å². The first-order valence-corrected chi connectivity index (χ1v) is 20.1. The number of benzene rings is 6. The van der Waals surface area contributed by atoms with Crippen LogP contribution in [0.5, 0.6) is 5.75 Å². The summed E-state index contributed by atoms with van der Waals surface area (Å²) in [6.45, 7) is 4.77. The second kappa shape index (κ2) is 12.1. The Balaban J connectivity index is 0.962. The van der Waals surface area contributed by atoms with Gasteiger partial charge in [0.15, 0.2) is 5.82 Å². The summed E-state index contributed by atoms with van der Waals surface area (Å²) in [6.07, 6.45) is 11.1. The molecule has 272 valence electrons. The van der Waals surface area contributed by atoms with Gasteiger partial charge in [-0.25, -0.2) is 9.97 Å². The first kappa shape index (κ1) is 32.5. The Morgan fingerprint density at radius 3 is 2.14 bits per heavy atom. The molecule has 3 aliphatic carbocycles. The molecule has 4 heteroatoms. The van der Waals surface area contributed by atoms with Gasteiger partial charge in [0.2, 0.25) is 0 Å². The average molecular weight is 734 g/mol. The number of fused-ring (bicyclic) bond motifs is 11. The van der Waals surface area contributed by atoms with Crippen LogP contribution in [0.25, 0.3) is 38.9 Å². The van der Waals surface area contributed by atoms with Crippen LogP contribution in [0.2, 0.25) is 0 Å². The summed E-state index contributed by atoms with van der Waals surface area (Å²) in [5, 5.41) is 1.04. The van der Waals surface area contributed by atoms with Crippen LogP contribution in [0, 0.1) is 0 Å². The number of aromatic nitrogens is 2. The maximum atomic E-state index is 7.07. The summed E-state index contributed by atoms with van der Waals surface area (Å²) in [7, 11) is 0. The van der Waals surface area contributed by atoms with E-state index in [4.69, 9.17) is 14.7 Å². The van der Waals surface area contributed by atoms with Gasteiger partial charge in [0.25, 0.3) is 0 Å². The van der Waals surface area contributed by atoms with Crippen LogP contribution < -0.4 is 9.64 Å². The largest absolute Gasteiger partial charge is 0.483 e. The van der Waals surface area contributed by atoms with Gasteiger partial charge >= 0.3 is 0 Å². The molecule has 7 aromatic rings. The molecule has 57 heavy (non-hydrogen) atoms. The maximum Gasteiger partial charge on any atom is 0.157 e. The fraction of sp³-hybridized carbons (Fsp3) is 0.132. The highest BCUT2D eigenvalue weighted by Crippen LogP contribution is 2.65. The van der Waals surface area contributed by atoms with Crippen LogP contribution in [0.1, 0.15) is 59.7 Å². The zero-order valence-electron chi connectivity index (χ0n) is 31.8. The molecule has 12 rings (SSSR count). The molecule has 4 atom stereocenters. The number of rotatable bonds is 4. The second-order valence-corrected chi connectivity index (χ2v) is 16.4. The number of allylic oxidation sites excluding steroid dienone is 6. The lowest BCUT2D eigenvalue weighted by Crippen LogP contribution is -2.24. The lowest BCUT2D eigenvalue weighted by molar-refractivity contribution is 0.272. The fourth-order valence-corrected chi connectivity index (χ4v) is 10.5. The number of para-hydroxylation sites is 3. The third-order valence-electron chi connectivity index (χ3n) is 13.1. The third-order valence-corrected chi connectivity index (χ3v) is 13.1. The highest BCUT2D eigenvalue weighted by atomic mass is 16.5. The van der Waals surface area contributed by atoms with E-state index < -0.39 is 0 Å². The van der Waals surface area contributed by atoms with Gasteiger partial charge in [0.1, 0.15) is 11.9 Å². The number of hydrogen-bond donors (Lipinski definition) is 0. The molecular formula is C53H39N3O. The van der Waals surface area contributed by atoms with Crippen LogP contribution in [-0.4, -0.2) is 16.1 Å². The van der Waals surface area contributed by atoms with E-state index in [9.17, 15) is 0 Å².